The van der Waals surface area contributed by atoms with E-state index in [1.165, 1.54) is 6.07 Å². The van der Waals surface area contributed by atoms with E-state index in [0.717, 1.165) is 11.1 Å². The summed E-state index contributed by atoms with van der Waals surface area (Å²) in [5.41, 5.74) is 2.34. The van der Waals surface area contributed by atoms with Crippen molar-refractivity contribution in [3.05, 3.63) is 53.1 Å². The average molecular weight is 288 g/mol. The molecule has 0 amide bonds. The molecule has 0 unspecified atom stereocenters. The van der Waals surface area contributed by atoms with Crippen LogP contribution in [0.25, 0.3) is 11.1 Å². The summed E-state index contributed by atoms with van der Waals surface area (Å²) < 4.78 is 0. The lowest BCUT2D eigenvalue weighted by Crippen LogP contribution is -2.14. The molecule has 4 nitrogen and oxygen atoms in total. The minimum atomic E-state index is -1.47. The van der Waals surface area contributed by atoms with Crippen LogP contribution in [0.2, 0.25) is 5.02 Å². The van der Waals surface area contributed by atoms with Crippen molar-refractivity contribution < 1.29 is 14.7 Å². The van der Waals surface area contributed by atoms with Crippen molar-refractivity contribution in [3.8, 4) is 11.1 Å². The molecule has 0 fully saturated rings. The van der Waals surface area contributed by atoms with E-state index in [1.54, 1.807) is 32.2 Å². The van der Waals surface area contributed by atoms with Crippen LogP contribution in [0.3, 0.4) is 0 Å². The first-order valence-corrected chi connectivity index (χ1v) is 6.26. The predicted molar refractivity (Wildman–Crippen MR) is 81.0 cm³/mol. The van der Waals surface area contributed by atoms with Gasteiger partial charge in [-0.25, -0.2) is 4.79 Å². The van der Waals surface area contributed by atoms with Crippen LogP contribution < -0.4 is 5.23 Å². The number of rotatable bonds is 4. The number of Topliss-reactive ketones (excluding diaryl/α,β-unsaturated/α-hetero) is 1. The second kappa shape index (κ2) is 5.80. The molecule has 0 aliphatic heterocycles. The van der Waals surface area contributed by atoms with Crippen molar-refractivity contribution in [2.75, 3.05) is 5.23 Å². The standard InChI is InChI=1S/C14H11BClNO3/c15-17-12-7-9(8-2-1-3-10(16)6-8)4-5-11(12)13(18)14(19)20/h1-7,17H,15H2,(H,19,20). The van der Waals surface area contributed by atoms with Gasteiger partial charge in [0.05, 0.1) is 5.56 Å². The molecule has 0 heterocycles. The smallest absolute Gasteiger partial charge is 0.377 e. The quantitative estimate of drug-likeness (QED) is 0.514. The Kier molecular flexibility index (Phi) is 4.10. The number of aliphatic carboxylic acids is 1. The fraction of sp³-hybridized carbons (Fsp3) is 0. The molecular weight excluding hydrogens is 276 g/mol. The largest absolute Gasteiger partial charge is 0.475 e. The number of anilines is 1. The maximum Gasteiger partial charge on any atom is 0.377 e. The SMILES string of the molecule is BNc1cc(-c2cccc(Cl)c2)ccc1C(=O)C(=O)O. The number of carboxylic acids is 1. The molecule has 2 aromatic rings. The fourth-order valence-electron chi connectivity index (χ4n) is 1.91. The zero-order valence-corrected chi connectivity index (χ0v) is 11.4. The number of benzene rings is 2. The first-order chi connectivity index (χ1) is 9.52. The number of hydrogen-bond donors (Lipinski definition) is 2. The number of carbonyl (C=O) groups excluding carboxylic acids is 1. The maximum absolute atomic E-state index is 11.6. The molecule has 0 saturated carbocycles. The highest BCUT2D eigenvalue weighted by Gasteiger charge is 2.18. The van der Waals surface area contributed by atoms with Crippen LogP contribution in [-0.2, 0) is 4.79 Å². The van der Waals surface area contributed by atoms with E-state index in [4.69, 9.17) is 16.7 Å². The van der Waals surface area contributed by atoms with Gasteiger partial charge in [0.1, 0.15) is 0 Å². The fourth-order valence-corrected chi connectivity index (χ4v) is 2.10. The molecule has 2 rings (SSSR count). The molecule has 0 aliphatic rings. The van der Waals surface area contributed by atoms with Crippen LogP contribution >= 0.6 is 11.6 Å². The van der Waals surface area contributed by atoms with E-state index in [-0.39, 0.29) is 5.56 Å². The molecule has 20 heavy (non-hydrogen) atoms. The second-order valence-electron chi connectivity index (χ2n) is 4.15. The van der Waals surface area contributed by atoms with Crippen molar-refractivity contribution in [1.82, 2.24) is 0 Å². The van der Waals surface area contributed by atoms with Crippen LogP contribution in [-0.4, -0.2) is 24.8 Å². The first-order valence-electron chi connectivity index (χ1n) is 5.88. The predicted octanol–water partition coefficient (Wildman–Crippen LogP) is 2.23. The average Bonchev–Trinajstić information content (AvgIpc) is 2.45. The van der Waals surface area contributed by atoms with Crippen LogP contribution in [0.4, 0.5) is 5.69 Å². The molecule has 0 aliphatic carbocycles. The molecule has 2 aromatic carbocycles. The molecule has 0 spiro atoms. The van der Waals surface area contributed by atoms with Crippen molar-refractivity contribution in [1.29, 1.82) is 0 Å². The number of halogens is 1. The lowest BCUT2D eigenvalue weighted by Gasteiger charge is -2.10. The third-order valence-electron chi connectivity index (χ3n) is 2.89. The summed E-state index contributed by atoms with van der Waals surface area (Å²) in [5, 5.41) is 12.2. The summed E-state index contributed by atoms with van der Waals surface area (Å²) in [4.78, 5) is 22.3. The highest BCUT2D eigenvalue weighted by atomic mass is 35.5. The van der Waals surface area contributed by atoms with E-state index in [9.17, 15) is 9.59 Å². The second-order valence-corrected chi connectivity index (χ2v) is 4.59. The van der Waals surface area contributed by atoms with Gasteiger partial charge in [0.15, 0.2) is 0 Å². The zero-order chi connectivity index (χ0) is 14.7. The Hall–Kier alpha value is -2.27. The van der Waals surface area contributed by atoms with Crippen molar-refractivity contribution in [3.63, 3.8) is 0 Å². The number of hydrogen-bond acceptors (Lipinski definition) is 3. The normalized spacial score (nSPS) is 10.1. The Morgan fingerprint density at radius 1 is 1.10 bits per heavy atom. The van der Waals surface area contributed by atoms with Gasteiger partial charge in [-0.2, -0.15) is 0 Å². The monoisotopic (exact) mass is 287 g/mol. The van der Waals surface area contributed by atoms with E-state index in [1.807, 2.05) is 12.1 Å². The highest BCUT2D eigenvalue weighted by Crippen LogP contribution is 2.27. The van der Waals surface area contributed by atoms with E-state index < -0.39 is 11.8 Å². The topological polar surface area (TPSA) is 66.4 Å². The number of ketones is 1. The van der Waals surface area contributed by atoms with Crippen LogP contribution in [0.15, 0.2) is 42.5 Å². The van der Waals surface area contributed by atoms with Gasteiger partial charge in [-0.05, 0) is 35.4 Å². The number of nitrogens with one attached hydrogen (secondary N) is 1. The summed E-state index contributed by atoms with van der Waals surface area (Å²) in [6.07, 6.45) is 0. The van der Waals surface area contributed by atoms with Crippen molar-refractivity contribution in [2.24, 2.45) is 0 Å². The van der Waals surface area contributed by atoms with Gasteiger partial charge in [-0.3, -0.25) is 4.79 Å². The number of carboxylic acid groups (broad SMARTS) is 1. The summed E-state index contributed by atoms with van der Waals surface area (Å²) in [5.74, 6) is -2.41. The minimum Gasteiger partial charge on any atom is -0.475 e. The zero-order valence-electron chi connectivity index (χ0n) is 10.7. The molecule has 0 atom stereocenters. The Balaban J connectivity index is 2.49. The lowest BCUT2D eigenvalue weighted by molar-refractivity contribution is -0.131. The van der Waals surface area contributed by atoms with Crippen LogP contribution in [0, 0.1) is 0 Å². The minimum absolute atomic E-state index is 0.130. The van der Waals surface area contributed by atoms with Crippen molar-refractivity contribution in [2.45, 2.75) is 0 Å². The van der Waals surface area contributed by atoms with E-state index in [0.29, 0.717) is 10.7 Å². The summed E-state index contributed by atoms with van der Waals surface area (Å²) in [6.45, 7) is 0. The van der Waals surface area contributed by atoms with Gasteiger partial charge in [0, 0.05) is 10.7 Å². The Bertz CT molecular complexity index is 688. The lowest BCUT2D eigenvalue weighted by atomic mass is 9.99. The summed E-state index contributed by atoms with van der Waals surface area (Å²) in [7, 11) is 1.63. The summed E-state index contributed by atoms with van der Waals surface area (Å²) >= 11 is 5.94. The first kappa shape index (κ1) is 14.2. The van der Waals surface area contributed by atoms with Crippen LogP contribution in [0.1, 0.15) is 10.4 Å². The third-order valence-corrected chi connectivity index (χ3v) is 3.12. The van der Waals surface area contributed by atoms with Gasteiger partial charge in [0.25, 0.3) is 5.78 Å². The molecule has 100 valence electrons. The van der Waals surface area contributed by atoms with E-state index in [2.05, 4.69) is 5.23 Å². The van der Waals surface area contributed by atoms with E-state index >= 15 is 0 Å². The van der Waals surface area contributed by atoms with Gasteiger partial charge in [0.2, 0.25) is 7.98 Å². The summed E-state index contributed by atoms with van der Waals surface area (Å²) in [6, 6.07) is 12.2. The maximum atomic E-state index is 11.6. The Morgan fingerprint density at radius 3 is 2.40 bits per heavy atom. The molecule has 2 N–H and O–H groups in total. The molecule has 0 bridgehead atoms. The Morgan fingerprint density at radius 2 is 1.80 bits per heavy atom. The van der Waals surface area contributed by atoms with Crippen LogP contribution in [0.5, 0.6) is 0 Å². The van der Waals surface area contributed by atoms with Gasteiger partial charge in [-0.1, -0.05) is 29.8 Å². The van der Waals surface area contributed by atoms with Gasteiger partial charge in [-0.15, -0.1) is 0 Å². The molecular formula is C14H11BClNO3. The Labute approximate surface area is 121 Å². The third kappa shape index (κ3) is 2.83. The molecule has 0 saturated heterocycles. The van der Waals surface area contributed by atoms with Gasteiger partial charge < -0.3 is 10.3 Å². The highest BCUT2D eigenvalue weighted by molar-refractivity contribution is 6.41. The van der Waals surface area contributed by atoms with Crippen molar-refractivity contribution >= 4 is 37.0 Å². The molecule has 0 aromatic heterocycles. The number of carbonyl (C=O) groups is 2. The molecule has 6 heteroatoms. The molecule has 0 radical (unpaired) electrons. The van der Waals surface area contributed by atoms with Gasteiger partial charge >= 0.3 is 5.97 Å².